The van der Waals surface area contributed by atoms with Gasteiger partial charge in [0, 0.05) is 35.0 Å². The van der Waals surface area contributed by atoms with Crippen molar-refractivity contribution in [2.45, 2.75) is 25.3 Å². The molecule has 8 heteroatoms. The maximum Gasteiger partial charge on any atom is 0.240 e. The molecule has 0 atom stereocenters. The molecule has 3 N–H and O–H groups in total. The van der Waals surface area contributed by atoms with E-state index in [1.54, 1.807) is 10.7 Å². The summed E-state index contributed by atoms with van der Waals surface area (Å²) in [6.45, 7) is 3.96. The van der Waals surface area contributed by atoms with Crippen LogP contribution < -0.4 is 10.5 Å². The molecule has 1 aromatic carbocycles. The van der Waals surface area contributed by atoms with Gasteiger partial charge >= 0.3 is 0 Å². The third-order valence-corrected chi connectivity index (χ3v) is 5.50. The molecule has 0 radical (unpaired) electrons. The third-order valence-electron chi connectivity index (χ3n) is 3.38. The molecule has 0 spiro atoms. The van der Waals surface area contributed by atoms with Crippen LogP contribution in [0.4, 0.5) is 5.69 Å². The van der Waals surface area contributed by atoms with E-state index < -0.39 is 10.0 Å². The first-order chi connectivity index (χ1) is 9.72. The molecule has 114 valence electrons. The molecule has 2 aromatic rings. The van der Waals surface area contributed by atoms with Crippen LogP contribution in [0.15, 0.2) is 27.6 Å². The number of nitrogens with two attached hydrogens (primary N) is 1. The number of nitrogens with one attached hydrogen (secondary N) is 1. The zero-order valence-electron chi connectivity index (χ0n) is 12.0. The van der Waals surface area contributed by atoms with Gasteiger partial charge in [0.05, 0.1) is 10.6 Å². The zero-order chi connectivity index (χ0) is 15.8. The molecular formula is C13H17BrN4O2S. The van der Waals surface area contributed by atoms with E-state index in [-0.39, 0.29) is 11.4 Å². The molecule has 21 heavy (non-hydrogen) atoms. The SMILES string of the molecule is Cc1nn(C)c(C)c1CNS(=O)(=O)c1ccc(Br)c(N)c1. The fourth-order valence-corrected chi connectivity index (χ4v) is 3.29. The smallest absolute Gasteiger partial charge is 0.240 e. The van der Waals surface area contributed by atoms with Gasteiger partial charge in [-0.15, -0.1) is 0 Å². The minimum atomic E-state index is -3.61. The van der Waals surface area contributed by atoms with Crippen molar-refractivity contribution in [3.05, 3.63) is 39.6 Å². The number of aromatic nitrogens is 2. The van der Waals surface area contributed by atoms with Crippen molar-refractivity contribution in [3.63, 3.8) is 0 Å². The van der Waals surface area contributed by atoms with Gasteiger partial charge in [-0.05, 0) is 48.0 Å². The second-order valence-electron chi connectivity index (χ2n) is 4.78. The molecular weight excluding hydrogens is 356 g/mol. The Hall–Kier alpha value is -1.38. The lowest BCUT2D eigenvalue weighted by Crippen LogP contribution is -2.24. The maximum atomic E-state index is 12.3. The van der Waals surface area contributed by atoms with Crippen molar-refractivity contribution >= 4 is 31.6 Å². The van der Waals surface area contributed by atoms with E-state index >= 15 is 0 Å². The Labute approximate surface area is 132 Å². The van der Waals surface area contributed by atoms with E-state index in [1.807, 2.05) is 20.9 Å². The van der Waals surface area contributed by atoms with E-state index in [4.69, 9.17) is 5.73 Å². The van der Waals surface area contributed by atoms with Gasteiger partial charge in [-0.2, -0.15) is 5.10 Å². The molecule has 1 heterocycles. The number of benzene rings is 1. The Morgan fingerprint density at radius 3 is 2.57 bits per heavy atom. The Bertz CT molecular complexity index is 784. The minimum absolute atomic E-state index is 0.141. The molecule has 2 rings (SSSR count). The molecule has 6 nitrogen and oxygen atoms in total. The minimum Gasteiger partial charge on any atom is -0.398 e. The van der Waals surface area contributed by atoms with Crippen molar-refractivity contribution in [1.82, 2.24) is 14.5 Å². The van der Waals surface area contributed by atoms with Crippen LogP contribution in [0.2, 0.25) is 0 Å². The van der Waals surface area contributed by atoms with Gasteiger partial charge in [0.15, 0.2) is 0 Å². The lowest BCUT2D eigenvalue weighted by molar-refractivity contribution is 0.581. The second kappa shape index (κ2) is 5.78. The van der Waals surface area contributed by atoms with Gasteiger partial charge in [-0.1, -0.05) is 0 Å². The Kier molecular flexibility index (Phi) is 4.40. The Morgan fingerprint density at radius 1 is 1.38 bits per heavy atom. The second-order valence-corrected chi connectivity index (χ2v) is 7.40. The summed E-state index contributed by atoms with van der Waals surface area (Å²) in [7, 11) is -1.78. The summed E-state index contributed by atoms with van der Waals surface area (Å²) in [6, 6.07) is 4.55. The summed E-state index contributed by atoms with van der Waals surface area (Å²) in [6.07, 6.45) is 0. The fourth-order valence-electron chi connectivity index (χ4n) is 2.01. The van der Waals surface area contributed by atoms with Crippen LogP contribution in [0.3, 0.4) is 0 Å². The summed E-state index contributed by atoms with van der Waals surface area (Å²) in [5, 5.41) is 4.27. The van der Waals surface area contributed by atoms with Crippen LogP contribution in [0.25, 0.3) is 0 Å². The summed E-state index contributed by atoms with van der Waals surface area (Å²) in [5.41, 5.74) is 8.73. The summed E-state index contributed by atoms with van der Waals surface area (Å²) >= 11 is 3.24. The molecule has 1 aromatic heterocycles. The molecule has 0 saturated carbocycles. The third kappa shape index (κ3) is 3.28. The first-order valence-electron chi connectivity index (χ1n) is 6.26. The van der Waals surface area contributed by atoms with Crippen molar-refractivity contribution in [3.8, 4) is 0 Å². The molecule has 0 saturated heterocycles. The maximum absolute atomic E-state index is 12.3. The van der Waals surface area contributed by atoms with Crippen molar-refractivity contribution in [1.29, 1.82) is 0 Å². The highest BCUT2D eigenvalue weighted by Crippen LogP contribution is 2.23. The van der Waals surface area contributed by atoms with E-state index in [9.17, 15) is 8.42 Å². The van der Waals surface area contributed by atoms with Gasteiger partial charge in [0.2, 0.25) is 10.0 Å². The first-order valence-corrected chi connectivity index (χ1v) is 8.53. The molecule has 0 bridgehead atoms. The largest absolute Gasteiger partial charge is 0.398 e. The average molecular weight is 373 g/mol. The number of nitrogen functional groups attached to an aromatic ring is 1. The van der Waals surface area contributed by atoms with E-state index in [1.165, 1.54) is 12.1 Å². The van der Waals surface area contributed by atoms with Crippen LogP contribution in [0.1, 0.15) is 17.0 Å². The van der Waals surface area contributed by atoms with Crippen LogP contribution in [-0.2, 0) is 23.6 Å². The fraction of sp³-hybridized carbons (Fsp3) is 0.308. The lowest BCUT2D eigenvalue weighted by Gasteiger charge is -2.08. The van der Waals surface area contributed by atoms with Crippen LogP contribution in [0, 0.1) is 13.8 Å². The monoisotopic (exact) mass is 372 g/mol. The van der Waals surface area contributed by atoms with E-state index in [0.717, 1.165) is 17.0 Å². The highest BCUT2D eigenvalue weighted by atomic mass is 79.9. The van der Waals surface area contributed by atoms with Gasteiger partial charge in [-0.25, -0.2) is 13.1 Å². The number of aryl methyl sites for hydroxylation is 2. The lowest BCUT2D eigenvalue weighted by atomic mass is 10.2. The molecule has 0 unspecified atom stereocenters. The number of sulfonamides is 1. The first kappa shape index (κ1) is 16.0. The van der Waals surface area contributed by atoms with Crippen molar-refractivity contribution < 1.29 is 8.42 Å². The molecule has 0 fully saturated rings. The number of nitrogens with zero attached hydrogens (tertiary/aromatic N) is 2. The molecule has 0 aliphatic rings. The van der Waals surface area contributed by atoms with Gasteiger partial charge in [0.25, 0.3) is 0 Å². The number of rotatable bonds is 4. The summed E-state index contributed by atoms with van der Waals surface area (Å²) < 4.78 is 29.6. The standard InChI is InChI=1S/C13H17BrN4O2S/c1-8-11(9(2)18(3)17-8)7-16-21(19,20)10-4-5-12(14)13(15)6-10/h4-6,16H,7,15H2,1-3H3. The molecule has 0 amide bonds. The zero-order valence-corrected chi connectivity index (χ0v) is 14.4. The predicted octanol–water partition coefficient (Wildman–Crippen LogP) is 1.86. The van der Waals surface area contributed by atoms with Crippen LogP contribution >= 0.6 is 15.9 Å². The summed E-state index contributed by atoms with van der Waals surface area (Å²) in [4.78, 5) is 0.141. The predicted molar refractivity (Wildman–Crippen MR) is 85.3 cm³/mol. The van der Waals surface area contributed by atoms with Crippen molar-refractivity contribution in [2.75, 3.05) is 5.73 Å². The normalized spacial score (nSPS) is 11.8. The molecule has 0 aliphatic heterocycles. The quantitative estimate of drug-likeness (QED) is 0.801. The van der Waals surface area contributed by atoms with Crippen molar-refractivity contribution in [2.24, 2.45) is 7.05 Å². The molecule has 0 aliphatic carbocycles. The van der Waals surface area contributed by atoms with Gasteiger partial charge in [-0.3, -0.25) is 4.68 Å². The van der Waals surface area contributed by atoms with Crippen LogP contribution in [-0.4, -0.2) is 18.2 Å². The van der Waals surface area contributed by atoms with Gasteiger partial charge in [0.1, 0.15) is 0 Å². The highest BCUT2D eigenvalue weighted by molar-refractivity contribution is 9.10. The Balaban J connectivity index is 2.23. The van der Waals surface area contributed by atoms with E-state index in [0.29, 0.717) is 10.2 Å². The Morgan fingerprint density at radius 2 is 2.05 bits per heavy atom. The van der Waals surface area contributed by atoms with Gasteiger partial charge < -0.3 is 5.73 Å². The summed E-state index contributed by atoms with van der Waals surface area (Å²) in [5.74, 6) is 0. The van der Waals surface area contributed by atoms with E-state index in [2.05, 4.69) is 25.8 Å². The van der Waals surface area contributed by atoms with Crippen LogP contribution in [0.5, 0.6) is 0 Å². The highest BCUT2D eigenvalue weighted by Gasteiger charge is 2.17. The number of anilines is 1. The number of hydrogen-bond donors (Lipinski definition) is 2. The topological polar surface area (TPSA) is 90.0 Å². The number of hydrogen-bond acceptors (Lipinski definition) is 4. The average Bonchev–Trinajstić information content (AvgIpc) is 2.64. The number of halogens is 1.